The van der Waals surface area contributed by atoms with Crippen molar-refractivity contribution >= 4 is 24.0 Å². The zero-order valence-electron chi connectivity index (χ0n) is 8.85. The molecule has 0 aliphatic rings. The highest BCUT2D eigenvalue weighted by molar-refractivity contribution is 6.31. The van der Waals surface area contributed by atoms with Gasteiger partial charge in [-0.25, -0.2) is 8.78 Å². The molecule has 0 bridgehead atoms. The van der Waals surface area contributed by atoms with E-state index < -0.39 is 30.6 Å². The molecule has 1 aromatic rings. The van der Waals surface area contributed by atoms with Gasteiger partial charge in [0.2, 0.25) is 6.43 Å². The van der Waals surface area contributed by atoms with Gasteiger partial charge in [-0.05, 0) is 23.8 Å². The van der Waals surface area contributed by atoms with Crippen LogP contribution in [0.2, 0.25) is 5.02 Å². The predicted molar refractivity (Wildman–Crippen MR) is 61.3 cm³/mol. The van der Waals surface area contributed by atoms with Crippen LogP contribution in [-0.4, -0.2) is 6.43 Å². The maximum Gasteiger partial charge on any atom is 0.416 e. The standard InChI is InChI=1S/C10H9ClF5N.ClH/c11-7-2-1-5(10(14,15)16)3-6(7)8(17)4-9(12)13;/h1-3,8-9H,4,17H2;1H/t8-;/m1./s1. The number of hydrogen-bond donors (Lipinski definition) is 1. The van der Waals surface area contributed by atoms with Crippen LogP contribution in [0.1, 0.15) is 23.6 Å². The summed E-state index contributed by atoms with van der Waals surface area (Å²) < 4.78 is 61.4. The first kappa shape index (κ1) is 17.4. The van der Waals surface area contributed by atoms with Crippen LogP contribution in [0.25, 0.3) is 0 Å². The van der Waals surface area contributed by atoms with Crippen LogP contribution in [0, 0.1) is 0 Å². The van der Waals surface area contributed by atoms with Gasteiger partial charge in [0.15, 0.2) is 0 Å². The third-order valence-corrected chi connectivity index (χ3v) is 2.50. The molecule has 0 aromatic heterocycles. The first-order valence-corrected chi connectivity index (χ1v) is 5.00. The molecule has 0 unspecified atom stereocenters. The van der Waals surface area contributed by atoms with Gasteiger partial charge in [-0.3, -0.25) is 0 Å². The zero-order valence-corrected chi connectivity index (χ0v) is 10.4. The molecule has 8 heteroatoms. The topological polar surface area (TPSA) is 26.0 Å². The first-order valence-electron chi connectivity index (χ1n) is 4.62. The third kappa shape index (κ3) is 4.59. The van der Waals surface area contributed by atoms with E-state index in [4.69, 9.17) is 17.3 Å². The zero-order chi connectivity index (χ0) is 13.2. The van der Waals surface area contributed by atoms with Crippen molar-refractivity contribution in [2.24, 2.45) is 5.73 Å². The van der Waals surface area contributed by atoms with E-state index in [0.29, 0.717) is 6.07 Å². The highest BCUT2D eigenvalue weighted by atomic mass is 35.5. The Hall–Kier alpha value is -0.590. The van der Waals surface area contributed by atoms with Crippen LogP contribution in [0.4, 0.5) is 22.0 Å². The summed E-state index contributed by atoms with van der Waals surface area (Å²) in [4.78, 5) is 0. The Morgan fingerprint density at radius 1 is 1.22 bits per heavy atom. The molecule has 0 amide bonds. The van der Waals surface area contributed by atoms with E-state index in [1.54, 1.807) is 0 Å². The minimum absolute atomic E-state index is 0. The third-order valence-electron chi connectivity index (χ3n) is 2.15. The van der Waals surface area contributed by atoms with Gasteiger partial charge in [0.05, 0.1) is 5.56 Å². The van der Waals surface area contributed by atoms with Gasteiger partial charge in [-0.2, -0.15) is 13.2 Å². The number of halogens is 7. The quantitative estimate of drug-likeness (QED) is 0.821. The number of nitrogens with two attached hydrogens (primary N) is 1. The monoisotopic (exact) mass is 309 g/mol. The minimum Gasteiger partial charge on any atom is -0.324 e. The number of rotatable bonds is 3. The number of alkyl halides is 5. The summed E-state index contributed by atoms with van der Waals surface area (Å²) in [5.41, 5.74) is 4.30. The molecule has 0 aliphatic carbocycles. The fraction of sp³-hybridized carbons (Fsp3) is 0.400. The second kappa shape index (κ2) is 6.54. The summed E-state index contributed by atoms with van der Waals surface area (Å²) in [5.74, 6) is 0. The van der Waals surface area contributed by atoms with E-state index in [1.165, 1.54) is 0 Å². The number of hydrogen-bond acceptors (Lipinski definition) is 1. The summed E-state index contributed by atoms with van der Waals surface area (Å²) in [6.07, 6.45) is -7.99. The van der Waals surface area contributed by atoms with Gasteiger partial charge in [-0.1, -0.05) is 11.6 Å². The van der Waals surface area contributed by atoms with Crippen LogP contribution in [-0.2, 0) is 6.18 Å². The lowest BCUT2D eigenvalue weighted by atomic mass is 10.0. The highest BCUT2D eigenvalue weighted by Gasteiger charge is 2.31. The lowest BCUT2D eigenvalue weighted by molar-refractivity contribution is -0.137. The molecule has 0 aliphatic heterocycles. The van der Waals surface area contributed by atoms with Crippen LogP contribution < -0.4 is 5.73 Å². The van der Waals surface area contributed by atoms with E-state index in [2.05, 4.69) is 0 Å². The smallest absolute Gasteiger partial charge is 0.324 e. The minimum atomic E-state index is -4.55. The molecule has 0 saturated carbocycles. The highest BCUT2D eigenvalue weighted by Crippen LogP contribution is 2.34. The summed E-state index contributed by atoms with van der Waals surface area (Å²) in [6, 6.07) is 1.27. The van der Waals surface area contributed by atoms with Crippen LogP contribution >= 0.6 is 24.0 Å². The van der Waals surface area contributed by atoms with Crippen LogP contribution in [0.15, 0.2) is 18.2 Å². The molecular weight excluding hydrogens is 300 g/mol. The molecule has 0 heterocycles. The predicted octanol–water partition coefficient (Wildman–Crippen LogP) is 4.44. The average Bonchev–Trinajstić information content (AvgIpc) is 2.15. The lowest BCUT2D eigenvalue weighted by Crippen LogP contribution is -2.16. The van der Waals surface area contributed by atoms with E-state index in [-0.39, 0.29) is 23.0 Å². The van der Waals surface area contributed by atoms with Gasteiger partial charge < -0.3 is 5.73 Å². The van der Waals surface area contributed by atoms with Crippen LogP contribution in [0.3, 0.4) is 0 Å². The van der Waals surface area contributed by atoms with Crippen molar-refractivity contribution in [3.63, 3.8) is 0 Å². The molecule has 0 radical (unpaired) electrons. The Labute approximate surface area is 112 Å². The lowest BCUT2D eigenvalue weighted by Gasteiger charge is -2.15. The van der Waals surface area contributed by atoms with Crippen molar-refractivity contribution < 1.29 is 22.0 Å². The fourth-order valence-electron chi connectivity index (χ4n) is 1.32. The molecule has 18 heavy (non-hydrogen) atoms. The van der Waals surface area contributed by atoms with E-state index in [0.717, 1.165) is 12.1 Å². The van der Waals surface area contributed by atoms with Crippen molar-refractivity contribution in [2.45, 2.75) is 25.1 Å². The second-order valence-corrected chi connectivity index (χ2v) is 3.87. The molecule has 0 fully saturated rings. The van der Waals surface area contributed by atoms with Crippen molar-refractivity contribution in [2.75, 3.05) is 0 Å². The van der Waals surface area contributed by atoms with Gasteiger partial charge in [-0.15, -0.1) is 12.4 Å². The van der Waals surface area contributed by atoms with Crippen molar-refractivity contribution in [3.8, 4) is 0 Å². The van der Waals surface area contributed by atoms with Crippen molar-refractivity contribution in [1.82, 2.24) is 0 Å². The average molecular weight is 310 g/mol. The Bertz CT molecular complexity index is 394. The van der Waals surface area contributed by atoms with E-state index >= 15 is 0 Å². The molecule has 1 atom stereocenters. The van der Waals surface area contributed by atoms with Crippen molar-refractivity contribution in [1.29, 1.82) is 0 Å². The molecule has 104 valence electrons. The second-order valence-electron chi connectivity index (χ2n) is 3.47. The normalized spacial score (nSPS) is 13.3. The Morgan fingerprint density at radius 3 is 2.22 bits per heavy atom. The molecule has 2 N–H and O–H groups in total. The van der Waals surface area contributed by atoms with Gasteiger partial charge in [0.1, 0.15) is 0 Å². The fourth-order valence-corrected chi connectivity index (χ4v) is 1.58. The first-order chi connectivity index (χ1) is 7.71. The van der Waals surface area contributed by atoms with Crippen LogP contribution in [0.5, 0.6) is 0 Å². The largest absolute Gasteiger partial charge is 0.416 e. The maximum absolute atomic E-state index is 12.4. The summed E-state index contributed by atoms with van der Waals surface area (Å²) in [6.45, 7) is 0. The Kier molecular flexibility index (Phi) is 6.33. The maximum atomic E-state index is 12.4. The molecular formula is C10H10Cl2F5N. The summed E-state index contributed by atoms with van der Waals surface area (Å²) >= 11 is 5.63. The van der Waals surface area contributed by atoms with Gasteiger partial charge >= 0.3 is 6.18 Å². The SMILES string of the molecule is Cl.N[C@H](CC(F)F)c1cc(C(F)(F)F)ccc1Cl. The molecule has 0 spiro atoms. The molecule has 1 rings (SSSR count). The summed E-state index contributed by atoms with van der Waals surface area (Å²) in [7, 11) is 0. The van der Waals surface area contributed by atoms with Crippen molar-refractivity contribution in [3.05, 3.63) is 34.3 Å². The molecule has 1 aromatic carbocycles. The van der Waals surface area contributed by atoms with Gasteiger partial charge in [0.25, 0.3) is 0 Å². The number of benzene rings is 1. The van der Waals surface area contributed by atoms with E-state index in [9.17, 15) is 22.0 Å². The Morgan fingerprint density at radius 2 is 1.78 bits per heavy atom. The summed E-state index contributed by atoms with van der Waals surface area (Å²) in [5, 5.41) is -0.0499. The molecule has 0 saturated heterocycles. The van der Waals surface area contributed by atoms with E-state index in [1.807, 2.05) is 0 Å². The Balaban J connectivity index is 0.00000289. The molecule has 1 nitrogen and oxygen atoms in total. The van der Waals surface area contributed by atoms with Gasteiger partial charge in [0, 0.05) is 17.5 Å².